The van der Waals surface area contributed by atoms with Gasteiger partial charge < -0.3 is 10.0 Å². The van der Waals surface area contributed by atoms with E-state index in [1.54, 1.807) is 13.0 Å². The largest absolute Gasteiger partial charge is 0.481 e. The summed E-state index contributed by atoms with van der Waals surface area (Å²) in [5.41, 5.74) is 2.30. The van der Waals surface area contributed by atoms with Gasteiger partial charge in [0.15, 0.2) is 0 Å². The van der Waals surface area contributed by atoms with E-state index in [-0.39, 0.29) is 0 Å². The zero-order valence-corrected chi connectivity index (χ0v) is 10.3. The van der Waals surface area contributed by atoms with Gasteiger partial charge in [-0.25, -0.2) is 0 Å². The third kappa shape index (κ3) is 3.22. The number of hydrogen-bond donors (Lipinski definition) is 1. The highest BCUT2D eigenvalue weighted by Crippen LogP contribution is 2.21. The van der Waals surface area contributed by atoms with E-state index >= 15 is 0 Å². The molecule has 1 rings (SSSR count). The van der Waals surface area contributed by atoms with Gasteiger partial charge in [0.2, 0.25) is 0 Å². The summed E-state index contributed by atoms with van der Waals surface area (Å²) in [6.45, 7) is 1.66. The Morgan fingerprint density at radius 2 is 2.18 bits per heavy atom. The first kappa shape index (κ1) is 13.0. The molecule has 1 aromatic rings. The highest BCUT2D eigenvalue weighted by Gasteiger charge is 2.13. The maximum absolute atomic E-state index is 10.8. The molecular weight excluding hydrogens is 216 g/mol. The van der Waals surface area contributed by atoms with Gasteiger partial charge in [0.25, 0.3) is 0 Å². The molecule has 1 aromatic carbocycles. The lowest BCUT2D eigenvalue weighted by atomic mass is 9.99. The molecular formula is C13H16N2O2. The maximum atomic E-state index is 10.8. The summed E-state index contributed by atoms with van der Waals surface area (Å²) in [5, 5.41) is 17.9. The van der Waals surface area contributed by atoms with Crippen molar-refractivity contribution in [1.82, 2.24) is 0 Å². The minimum atomic E-state index is -0.819. The number of nitrogens with zero attached hydrogens (tertiary/aromatic N) is 2. The van der Waals surface area contributed by atoms with E-state index in [1.165, 1.54) is 0 Å². The van der Waals surface area contributed by atoms with Crippen LogP contribution in [0.1, 0.15) is 18.1 Å². The van der Waals surface area contributed by atoms with Gasteiger partial charge >= 0.3 is 5.97 Å². The van der Waals surface area contributed by atoms with Crippen LogP contribution in [0.15, 0.2) is 18.2 Å². The van der Waals surface area contributed by atoms with Crippen molar-refractivity contribution < 1.29 is 9.90 Å². The predicted molar refractivity (Wildman–Crippen MR) is 66.0 cm³/mol. The van der Waals surface area contributed by atoms with E-state index in [0.717, 1.165) is 11.3 Å². The van der Waals surface area contributed by atoms with Gasteiger partial charge in [-0.05, 0) is 24.1 Å². The van der Waals surface area contributed by atoms with Crippen LogP contribution in [0.2, 0.25) is 0 Å². The van der Waals surface area contributed by atoms with Crippen LogP contribution in [0.25, 0.3) is 0 Å². The Bertz CT molecular complexity index is 461. The van der Waals surface area contributed by atoms with Crippen LogP contribution in [-0.4, -0.2) is 25.2 Å². The molecule has 0 saturated carbocycles. The van der Waals surface area contributed by atoms with Crippen molar-refractivity contribution in [3.05, 3.63) is 29.3 Å². The summed E-state index contributed by atoms with van der Waals surface area (Å²) < 4.78 is 0. The average Bonchev–Trinajstić information content (AvgIpc) is 2.28. The molecule has 0 heterocycles. The maximum Gasteiger partial charge on any atom is 0.306 e. The molecule has 0 amide bonds. The van der Waals surface area contributed by atoms with Gasteiger partial charge in [0.1, 0.15) is 6.07 Å². The minimum Gasteiger partial charge on any atom is -0.481 e. The second-order valence-electron chi connectivity index (χ2n) is 4.30. The van der Waals surface area contributed by atoms with Crippen LogP contribution in [0, 0.1) is 17.2 Å². The summed E-state index contributed by atoms with van der Waals surface area (Å²) in [6.07, 6.45) is 0.442. The van der Waals surface area contributed by atoms with E-state index in [2.05, 4.69) is 6.07 Å². The van der Waals surface area contributed by atoms with Gasteiger partial charge in [-0.1, -0.05) is 13.0 Å². The molecule has 0 aliphatic rings. The summed E-state index contributed by atoms with van der Waals surface area (Å²) in [6, 6.07) is 7.61. The van der Waals surface area contributed by atoms with Crippen molar-refractivity contribution in [2.45, 2.75) is 13.3 Å². The lowest BCUT2D eigenvalue weighted by Gasteiger charge is -2.15. The zero-order valence-electron chi connectivity index (χ0n) is 10.3. The highest BCUT2D eigenvalue weighted by atomic mass is 16.4. The quantitative estimate of drug-likeness (QED) is 0.861. The first-order chi connectivity index (χ1) is 7.95. The molecule has 1 unspecified atom stereocenters. The highest BCUT2D eigenvalue weighted by molar-refractivity contribution is 5.70. The molecule has 1 atom stereocenters. The van der Waals surface area contributed by atoms with E-state index in [1.807, 2.05) is 31.1 Å². The third-order valence-corrected chi connectivity index (χ3v) is 2.63. The number of carboxylic acids is 1. The molecule has 0 radical (unpaired) electrons. The summed E-state index contributed by atoms with van der Waals surface area (Å²) in [5.74, 6) is -1.26. The minimum absolute atomic E-state index is 0.438. The summed E-state index contributed by atoms with van der Waals surface area (Å²) >= 11 is 0. The molecule has 0 aromatic heterocycles. The molecule has 4 nitrogen and oxygen atoms in total. The lowest BCUT2D eigenvalue weighted by Crippen LogP contribution is -2.13. The monoisotopic (exact) mass is 232 g/mol. The molecule has 17 heavy (non-hydrogen) atoms. The fourth-order valence-electron chi connectivity index (χ4n) is 1.63. The second-order valence-corrected chi connectivity index (χ2v) is 4.30. The Labute approximate surface area is 101 Å². The second kappa shape index (κ2) is 5.35. The van der Waals surface area contributed by atoms with Crippen LogP contribution in [0.5, 0.6) is 0 Å². The molecule has 0 aliphatic carbocycles. The third-order valence-electron chi connectivity index (χ3n) is 2.63. The topological polar surface area (TPSA) is 64.3 Å². The Balaban J connectivity index is 2.99. The van der Waals surface area contributed by atoms with Crippen molar-refractivity contribution in [1.29, 1.82) is 5.26 Å². The molecule has 4 heteroatoms. The number of carbonyl (C=O) groups is 1. The Kier molecular flexibility index (Phi) is 4.11. The zero-order chi connectivity index (χ0) is 13.0. The standard InChI is InChI=1S/C13H16N2O2/c1-9(13(16)17)6-10-4-5-12(15(2)3)11(7-10)8-14/h4-5,7,9H,6H2,1-3H3,(H,16,17). The van der Waals surface area contributed by atoms with E-state index in [9.17, 15) is 4.79 Å². The predicted octanol–water partition coefficient (Wildman–Crippen LogP) is 1.89. The number of anilines is 1. The molecule has 0 bridgehead atoms. The first-order valence-corrected chi connectivity index (χ1v) is 5.39. The van der Waals surface area contributed by atoms with Crippen molar-refractivity contribution >= 4 is 11.7 Å². The SMILES string of the molecule is CC(Cc1ccc(N(C)C)c(C#N)c1)C(=O)O. The average molecular weight is 232 g/mol. The number of nitriles is 1. The number of hydrogen-bond acceptors (Lipinski definition) is 3. The van der Waals surface area contributed by atoms with Crippen LogP contribution >= 0.6 is 0 Å². The molecule has 0 fully saturated rings. The summed E-state index contributed by atoms with van der Waals surface area (Å²) in [7, 11) is 3.74. The summed E-state index contributed by atoms with van der Waals surface area (Å²) in [4.78, 5) is 12.6. The van der Waals surface area contributed by atoms with Crippen molar-refractivity contribution in [3.8, 4) is 6.07 Å². The van der Waals surface area contributed by atoms with Gasteiger partial charge in [-0.15, -0.1) is 0 Å². The molecule has 0 aliphatic heterocycles. The van der Waals surface area contributed by atoms with E-state index < -0.39 is 11.9 Å². The van der Waals surface area contributed by atoms with Crippen LogP contribution in [0.3, 0.4) is 0 Å². The molecule has 0 saturated heterocycles. The first-order valence-electron chi connectivity index (χ1n) is 5.39. The lowest BCUT2D eigenvalue weighted by molar-refractivity contribution is -0.141. The number of carboxylic acid groups (broad SMARTS) is 1. The van der Waals surface area contributed by atoms with E-state index in [0.29, 0.717) is 12.0 Å². The van der Waals surface area contributed by atoms with Gasteiger partial charge in [-0.3, -0.25) is 4.79 Å². The van der Waals surface area contributed by atoms with Gasteiger partial charge in [0.05, 0.1) is 17.2 Å². The normalized spacial score (nSPS) is 11.6. The van der Waals surface area contributed by atoms with Crippen LogP contribution in [0.4, 0.5) is 5.69 Å². The van der Waals surface area contributed by atoms with Crippen molar-refractivity contribution in [2.24, 2.45) is 5.92 Å². The fraction of sp³-hybridized carbons (Fsp3) is 0.385. The smallest absolute Gasteiger partial charge is 0.306 e. The van der Waals surface area contributed by atoms with Crippen LogP contribution < -0.4 is 4.90 Å². The Hall–Kier alpha value is -2.02. The van der Waals surface area contributed by atoms with Gasteiger partial charge in [0, 0.05) is 14.1 Å². The molecule has 1 N–H and O–H groups in total. The number of rotatable bonds is 4. The van der Waals surface area contributed by atoms with Crippen molar-refractivity contribution in [2.75, 3.05) is 19.0 Å². The Morgan fingerprint density at radius 3 is 2.65 bits per heavy atom. The van der Waals surface area contributed by atoms with E-state index in [4.69, 9.17) is 10.4 Å². The molecule has 90 valence electrons. The van der Waals surface area contributed by atoms with Crippen LogP contribution in [-0.2, 0) is 11.2 Å². The number of benzene rings is 1. The Morgan fingerprint density at radius 1 is 1.53 bits per heavy atom. The van der Waals surface area contributed by atoms with Gasteiger partial charge in [-0.2, -0.15) is 5.26 Å². The fourth-order valence-corrected chi connectivity index (χ4v) is 1.63. The molecule has 0 spiro atoms. The van der Waals surface area contributed by atoms with Crippen molar-refractivity contribution in [3.63, 3.8) is 0 Å². The number of aliphatic carboxylic acids is 1.